The van der Waals surface area contributed by atoms with Gasteiger partial charge >= 0.3 is 6.03 Å². The average Bonchev–Trinajstić information content (AvgIpc) is 3.10. The number of urea groups is 1. The molecule has 146 valence electrons. The molecule has 2 amide bonds. The van der Waals surface area contributed by atoms with Crippen molar-refractivity contribution in [1.29, 1.82) is 0 Å². The van der Waals surface area contributed by atoms with E-state index in [1.54, 1.807) is 0 Å². The van der Waals surface area contributed by atoms with E-state index < -0.39 is 0 Å². The Morgan fingerprint density at radius 3 is 2.43 bits per heavy atom. The van der Waals surface area contributed by atoms with E-state index in [0.29, 0.717) is 6.54 Å². The Hall–Kier alpha value is -3.01. The van der Waals surface area contributed by atoms with Gasteiger partial charge in [0.05, 0.1) is 6.54 Å². The molecule has 0 aliphatic heterocycles. The predicted molar refractivity (Wildman–Crippen MR) is 116 cm³/mol. The number of hydrogen-bond acceptors (Lipinski definition) is 1. The standard InChI is InChI=1S/C24H29N3O/c1-18(2)27(24(28)25-22-13-12-19(3)20(4)15-22)17-23-11-8-14-26(23)16-21-9-6-5-7-10-21/h5-15,18H,16-17H2,1-4H3,(H,25,28). The number of aryl methyl sites for hydroxylation is 2. The molecule has 0 unspecified atom stereocenters. The fourth-order valence-electron chi connectivity index (χ4n) is 3.21. The molecule has 0 saturated carbocycles. The monoisotopic (exact) mass is 375 g/mol. The zero-order valence-electron chi connectivity index (χ0n) is 17.1. The highest BCUT2D eigenvalue weighted by Gasteiger charge is 2.19. The van der Waals surface area contributed by atoms with Crippen molar-refractivity contribution in [2.24, 2.45) is 0 Å². The van der Waals surface area contributed by atoms with E-state index in [4.69, 9.17) is 0 Å². The van der Waals surface area contributed by atoms with Gasteiger partial charge in [0.15, 0.2) is 0 Å². The van der Waals surface area contributed by atoms with Crippen LogP contribution in [0.1, 0.15) is 36.2 Å². The summed E-state index contributed by atoms with van der Waals surface area (Å²) in [5, 5.41) is 3.05. The van der Waals surface area contributed by atoms with E-state index in [1.165, 1.54) is 16.7 Å². The second-order valence-corrected chi connectivity index (χ2v) is 7.56. The number of carbonyl (C=O) groups excluding carboxylic acids is 1. The maximum Gasteiger partial charge on any atom is 0.322 e. The van der Waals surface area contributed by atoms with Crippen LogP contribution in [0.25, 0.3) is 0 Å². The summed E-state index contributed by atoms with van der Waals surface area (Å²) < 4.78 is 2.20. The molecule has 4 heteroatoms. The summed E-state index contributed by atoms with van der Waals surface area (Å²) in [6, 6.07) is 20.5. The SMILES string of the molecule is Cc1ccc(NC(=O)N(Cc2cccn2Cc2ccccc2)C(C)C)cc1C. The minimum absolute atomic E-state index is 0.0780. The van der Waals surface area contributed by atoms with Gasteiger partial charge in [0.2, 0.25) is 0 Å². The number of amides is 2. The molecule has 3 aromatic rings. The molecular formula is C24H29N3O. The van der Waals surface area contributed by atoms with Crippen molar-refractivity contribution in [2.75, 3.05) is 5.32 Å². The highest BCUT2D eigenvalue weighted by atomic mass is 16.2. The summed E-state index contributed by atoms with van der Waals surface area (Å²) in [5.41, 5.74) is 5.59. The Balaban J connectivity index is 1.74. The highest BCUT2D eigenvalue weighted by molar-refractivity contribution is 5.89. The molecule has 0 radical (unpaired) electrons. The largest absolute Gasteiger partial charge is 0.345 e. The summed E-state index contributed by atoms with van der Waals surface area (Å²) in [6.45, 7) is 9.58. The lowest BCUT2D eigenvalue weighted by atomic mass is 10.1. The van der Waals surface area contributed by atoms with Crippen molar-refractivity contribution in [1.82, 2.24) is 9.47 Å². The molecule has 28 heavy (non-hydrogen) atoms. The van der Waals surface area contributed by atoms with E-state index in [2.05, 4.69) is 60.3 Å². The minimum Gasteiger partial charge on any atom is -0.345 e. The molecule has 0 bridgehead atoms. The van der Waals surface area contributed by atoms with Gasteiger partial charge in [-0.2, -0.15) is 0 Å². The molecule has 0 fully saturated rings. The van der Waals surface area contributed by atoms with Crippen molar-refractivity contribution in [2.45, 2.75) is 46.8 Å². The van der Waals surface area contributed by atoms with E-state index in [-0.39, 0.29) is 12.1 Å². The number of carbonyl (C=O) groups is 1. The summed E-state index contributed by atoms with van der Waals surface area (Å²) in [7, 11) is 0. The zero-order valence-corrected chi connectivity index (χ0v) is 17.1. The third-order valence-corrected chi connectivity index (χ3v) is 5.09. The maximum absolute atomic E-state index is 13.0. The Labute approximate surface area is 167 Å². The number of anilines is 1. The first-order valence-corrected chi connectivity index (χ1v) is 9.77. The quantitative estimate of drug-likeness (QED) is 0.598. The second kappa shape index (κ2) is 8.79. The van der Waals surface area contributed by atoms with Gasteiger partial charge in [0, 0.05) is 30.2 Å². The maximum atomic E-state index is 13.0. The molecule has 0 aliphatic carbocycles. The Morgan fingerprint density at radius 2 is 1.75 bits per heavy atom. The lowest BCUT2D eigenvalue weighted by Gasteiger charge is -2.27. The van der Waals surface area contributed by atoms with Crippen LogP contribution in [0.3, 0.4) is 0 Å². The first-order chi connectivity index (χ1) is 13.4. The second-order valence-electron chi connectivity index (χ2n) is 7.56. The number of aromatic nitrogens is 1. The first-order valence-electron chi connectivity index (χ1n) is 9.77. The van der Waals surface area contributed by atoms with Crippen LogP contribution in [0.2, 0.25) is 0 Å². The van der Waals surface area contributed by atoms with Crippen molar-refractivity contribution in [3.8, 4) is 0 Å². The van der Waals surface area contributed by atoms with Gasteiger partial charge in [-0.25, -0.2) is 4.79 Å². The van der Waals surface area contributed by atoms with E-state index in [0.717, 1.165) is 17.9 Å². The van der Waals surface area contributed by atoms with Crippen LogP contribution in [0, 0.1) is 13.8 Å². The van der Waals surface area contributed by atoms with Crippen molar-refractivity contribution in [3.05, 3.63) is 89.2 Å². The molecule has 0 spiro atoms. The fourth-order valence-corrected chi connectivity index (χ4v) is 3.21. The van der Waals surface area contributed by atoms with E-state index in [9.17, 15) is 4.79 Å². The summed E-state index contributed by atoms with van der Waals surface area (Å²) in [6.07, 6.45) is 2.07. The van der Waals surface area contributed by atoms with Crippen molar-refractivity contribution >= 4 is 11.7 Å². The molecule has 0 aliphatic rings. The fraction of sp³-hybridized carbons (Fsp3) is 0.292. The van der Waals surface area contributed by atoms with Crippen LogP contribution >= 0.6 is 0 Å². The summed E-state index contributed by atoms with van der Waals surface area (Å²) in [4.78, 5) is 14.8. The van der Waals surface area contributed by atoms with Gasteiger partial charge in [-0.05, 0) is 68.7 Å². The number of rotatable bonds is 6. The van der Waals surface area contributed by atoms with Gasteiger partial charge in [0.25, 0.3) is 0 Å². The lowest BCUT2D eigenvalue weighted by Crippen LogP contribution is -2.40. The lowest BCUT2D eigenvalue weighted by molar-refractivity contribution is 0.192. The highest BCUT2D eigenvalue weighted by Crippen LogP contribution is 2.17. The number of benzene rings is 2. The molecule has 1 N–H and O–H groups in total. The molecule has 0 saturated heterocycles. The Bertz CT molecular complexity index is 928. The van der Waals surface area contributed by atoms with E-state index >= 15 is 0 Å². The number of hydrogen-bond donors (Lipinski definition) is 1. The molecule has 3 rings (SSSR count). The first kappa shape index (κ1) is 19.7. The number of nitrogens with zero attached hydrogens (tertiary/aromatic N) is 2. The van der Waals surface area contributed by atoms with Crippen molar-refractivity contribution < 1.29 is 4.79 Å². The predicted octanol–water partition coefficient (Wildman–Crippen LogP) is 5.60. The average molecular weight is 376 g/mol. The summed E-state index contributed by atoms with van der Waals surface area (Å²) in [5.74, 6) is 0. The number of nitrogens with one attached hydrogen (secondary N) is 1. The van der Waals surface area contributed by atoms with Gasteiger partial charge in [-0.1, -0.05) is 36.4 Å². The van der Waals surface area contributed by atoms with Gasteiger partial charge in [-0.3, -0.25) is 0 Å². The topological polar surface area (TPSA) is 37.3 Å². The molecule has 0 atom stereocenters. The molecule has 4 nitrogen and oxygen atoms in total. The van der Waals surface area contributed by atoms with Crippen LogP contribution < -0.4 is 5.32 Å². The third-order valence-electron chi connectivity index (χ3n) is 5.09. The molecule has 2 aromatic carbocycles. The van der Waals surface area contributed by atoms with Gasteiger partial charge < -0.3 is 14.8 Å². The van der Waals surface area contributed by atoms with Crippen LogP contribution in [0.15, 0.2) is 66.9 Å². The Kier molecular flexibility index (Phi) is 6.19. The van der Waals surface area contributed by atoms with Gasteiger partial charge in [-0.15, -0.1) is 0 Å². The molecular weight excluding hydrogens is 346 g/mol. The third kappa shape index (κ3) is 4.83. The van der Waals surface area contributed by atoms with Crippen molar-refractivity contribution in [3.63, 3.8) is 0 Å². The Morgan fingerprint density at radius 1 is 1.00 bits per heavy atom. The van der Waals surface area contributed by atoms with Crippen LogP contribution in [0.5, 0.6) is 0 Å². The zero-order chi connectivity index (χ0) is 20.1. The van der Waals surface area contributed by atoms with E-state index in [1.807, 2.05) is 49.1 Å². The summed E-state index contributed by atoms with van der Waals surface area (Å²) >= 11 is 0. The normalized spacial score (nSPS) is 10.9. The minimum atomic E-state index is -0.0780. The van der Waals surface area contributed by atoms with Crippen LogP contribution in [-0.4, -0.2) is 21.5 Å². The van der Waals surface area contributed by atoms with Gasteiger partial charge in [0.1, 0.15) is 0 Å². The molecule has 1 heterocycles. The van der Waals surface area contributed by atoms with Crippen LogP contribution in [-0.2, 0) is 13.1 Å². The smallest absolute Gasteiger partial charge is 0.322 e. The van der Waals surface area contributed by atoms with Crippen LogP contribution in [0.4, 0.5) is 10.5 Å². The molecule has 1 aromatic heterocycles.